The summed E-state index contributed by atoms with van der Waals surface area (Å²) in [6.45, 7) is 6.43. The largest absolute Gasteiger partial charge is 0.402 e. The van der Waals surface area contributed by atoms with E-state index >= 15 is 0 Å². The summed E-state index contributed by atoms with van der Waals surface area (Å²) >= 11 is 0. The average Bonchev–Trinajstić information content (AvgIpc) is 3.13. The van der Waals surface area contributed by atoms with Crippen LogP contribution in [0.15, 0.2) is 36.4 Å². The molecule has 1 aliphatic carbocycles. The average molecular weight is 513 g/mol. The number of aryl methyl sites for hydroxylation is 3. The molecule has 2 aliphatic heterocycles. The molecule has 3 fully saturated rings. The Morgan fingerprint density at radius 1 is 0.757 bits per heavy atom. The fourth-order valence-electron chi connectivity index (χ4n) is 6.20. The van der Waals surface area contributed by atoms with Gasteiger partial charge in [-0.1, -0.05) is 37.3 Å². The number of halogens is 3. The van der Waals surface area contributed by atoms with Crippen LogP contribution < -0.4 is 4.90 Å². The zero-order chi connectivity index (χ0) is 27.2. The van der Waals surface area contributed by atoms with Crippen LogP contribution in [0.4, 0.5) is 18.9 Å². The topological polar surface area (TPSA) is 74.8 Å². The number of imide groups is 2. The third-order valence-corrected chi connectivity index (χ3v) is 8.69. The van der Waals surface area contributed by atoms with Gasteiger partial charge >= 0.3 is 6.18 Å². The van der Waals surface area contributed by atoms with E-state index in [1.165, 1.54) is 31.3 Å². The van der Waals surface area contributed by atoms with Gasteiger partial charge in [-0.25, -0.2) is 4.90 Å². The molecule has 194 valence electrons. The fourth-order valence-corrected chi connectivity index (χ4v) is 6.20. The van der Waals surface area contributed by atoms with Crippen molar-refractivity contribution in [1.82, 2.24) is 4.90 Å². The second-order valence-corrected chi connectivity index (χ2v) is 10.5. The van der Waals surface area contributed by atoms with Crippen LogP contribution in [-0.4, -0.2) is 41.8 Å². The Morgan fingerprint density at radius 2 is 1.22 bits per heavy atom. The SMILES string of the molecule is CCc1cc(C(C)(c2ccc(C)c(N3C(=O)C4C5C(=O)N(C)C(=O)C5C4C3=O)c2)C(F)(F)F)ccc1C. The maximum Gasteiger partial charge on any atom is 0.402 e. The van der Waals surface area contributed by atoms with E-state index in [0.29, 0.717) is 12.0 Å². The summed E-state index contributed by atoms with van der Waals surface area (Å²) in [5, 5.41) is 0. The molecule has 0 bridgehead atoms. The van der Waals surface area contributed by atoms with Crippen LogP contribution in [0.1, 0.15) is 41.7 Å². The summed E-state index contributed by atoms with van der Waals surface area (Å²) < 4.78 is 44.3. The van der Waals surface area contributed by atoms with E-state index in [-0.39, 0.29) is 16.8 Å². The van der Waals surface area contributed by atoms with Gasteiger partial charge in [-0.15, -0.1) is 0 Å². The number of amides is 4. The smallest absolute Gasteiger partial charge is 0.285 e. The molecule has 37 heavy (non-hydrogen) atoms. The van der Waals surface area contributed by atoms with E-state index in [1.807, 2.05) is 13.8 Å². The Bertz CT molecular complexity index is 1340. The van der Waals surface area contributed by atoms with Crippen molar-refractivity contribution < 1.29 is 32.3 Å². The number of hydrogen-bond acceptors (Lipinski definition) is 4. The van der Waals surface area contributed by atoms with Crippen molar-refractivity contribution in [3.63, 3.8) is 0 Å². The zero-order valence-electron chi connectivity index (χ0n) is 21.1. The number of carbonyl (C=O) groups is 4. The van der Waals surface area contributed by atoms with E-state index in [0.717, 1.165) is 27.9 Å². The number of fused-ring (bicyclic) bond motifs is 4. The number of alkyl halides is 3. The van der Waals surface area contributed by atoms with Crippen molar-refractivity contribution in [3.8, 4) is 0 Å². The van der Waals surface area contributed by atoms with Gasteiger partial charge in [0.15, 0.2) is 0 Å². The summed E-state index contributed by atoms with van der Waals surface area (Å²) in [7, 11) is 1.33. The molecule has 4 amide bonds. The number of benzene rings is 2. The lowest BCUT2D eigenvalue weighted by Crippen LogP contribution is -2.50. The van der Waals surface area contributed by atoms with Crippen LogP contribution in [0.25, 0.3) is 0 Å². The van der Waals surface area contributed by atoms with Crippen molar-refractivity contribution in [2.75, 3.05) is 11.9 Å². The van der Waals surface area contributed by atoms with Gasteiger partial charge in [0.05, 0.1) is 29.4 Å². The lowest BCUT2D eigenvalue weighted by atomic mass is 9.59. The predicted molar refractivity (Wildman–Crippen MR) is 128 cm³/mol. The number of likely N-dealkylation sites (tertiary alicyclic amines) is 1. The fraction of sp³-hybridized carbons (Fsp3) is 0.429. The van der Waals surface area contributed by atoms with E-state index in [2.05, 4.69) is 0 Å². The molecule has 6 nitrogen and oxygen atoms in total. The first-order valence-corrected chi connectivity index (χ1v) is 12.2. The molecule has 9 heteroatoms. The van der Waals surface area contributed by atoms with Crippen LogP contribution in [0.3, 0.4) is 0 Å². The first kappa shape index (κ1) is 25.2. The Hall–Kier alpha value is -3.49. The second kappa shape index (κ2) is 8.00. The summed E-state index contributed by atoms with van der Waals surface area (Å²) in [5.74, 6) is -6.03. The van der Waals surface area contributed by atoms with Crippen molar-refractivity contribution in [3.05, 3.63) is 64.2 Å². The minimum Gasteiger partial charge on any atom is -0.285 e. The third-order valence-electron chi connectivity index (χ3n) is 8.69. The minimum absolute atomic E-state index is 0.0477. The Kier molecular flexibility index (Phi) is 5.44. The Morgan fingerprint density at radius 3 is 1.70 bits per heavy atom. The molecule has 2 aromatic rings. The maximum atomic E-state index is 14.8. The molecule has 0 radical (unpaired) electrons. The molecule has 0 aromatic heterocycles. The van der Waals surface area contributed by atoms with Gasteiger partial charge in [-0.3, -0.25) is 24.1 Å². The van der Waals surface area contributed by atoms with E-state index in [1.54, 1.807) is 19.1 Å². The number of hydrogen-bond donors (Lipinski definition) is 0. The highest BCUT2D eigenvalue weighted by atomic mass is 19.4. The monoisotopic (exact) mass is 512 g/mol. The molecule has 5 unspecified atom stereocenters. The summed E-state index contributed by atoms with van der Waals surface area (Å²) in [5.41, 5.74) is -0.287. The number of anilines is 1. The second-order valence-electron chi connectivity index (χ2n) is 10.5. The van der Waals surface area contributed by atoms with Crippen molar-refractivity contribution in [2.24, 2.45) is 23.7 Å². The molecule has 5 atom stereocenters. The predicted octanol–water partition coefficient (Wildman–Crippen LogP) is 4.08. The molecule has 5 rings (SSSR count). The summed E-state index contributed by atoms with van der Waals surface area (Å²) in [6, 6.07) is 8.78. The van der Waals surface area contributed by atoms with Gasteiger partial charge in [0.25, 0.3) is 0 Å². The molecule has 1 saturated carbocycles. The quantitative estimate of drug-likeness (QED) is 0.579. The van der Waals surface area contributed by atoms with Crippen LogP contribution in [0.2, 0.25) is 0 Å². The number of rotatable bonds is 4. The van der Waals surface area contributed by atoms with Crippen LogP contribution in [0.5, 0.6) is 0 Å². The first-order valence-electron chi connectivity index (χ1n) is 12.2. The van der Waals surface area contributed by atoms with Gasteiger partial charge in [-0.05, 0) is 61.1 Å². The van der Waals surface area contributed by atoms with Crippen molar-refractivity contribution in [1.29, 1.82) is 0 Å². The van der Waals surface area contributed by atoms with Gasteiger partial charge in [0.2, 0.25) is 23.6 Å². The normalized spacial score (nSPS) is 26.8. The molecule has 2 heterocycles. The van der Waals surface area contributed by atoms with Crippen LogP contribution >= 0.6 is 0 Å². The highest BCUT2D eigenvalue weighted by Crippen LogP contribution is 2.57. The Labute approximate surface area is 212 Å². The Balaban J connectivity index is 1.61. The number of carbonyl (C=O) groups excluding carboxylic acids is 4. The highest BCUT2D eigenvalue weighted by Gasteiger charge is 2.73. The van der Waals surface area contributed by atoms with Gasteiger partial charge in [-0.2, -0.15) is 13.2 Å². The highest BCUT2D eigenvalue weighted by molar-refractivity contribution is 6.27. The van der Waals surface area contributed by atoms with Crippen LogP contribution in [0, 0.1) is 37.5 Å². The number of nitrogens with zero attached hydrogens (tertiary/aromatic N) is 2. The molecular formula is C28H27F3N2O4. The van der Waals surface area contributed by atoms with Gasteiger partial charge in [0, 0.05) is 7.05 Å². The third kappa shape index (κ3) is 3.18. The molecule has 0 N–H and O–H groups in total. The van der Waals surface area contributed by atoms with Gasteiger partial charge in [0.1, 0.15) is 5.41 Å². The standard InChI is InChI=1S/C28H27F3N2O4/c1-6-15-11-16(9-7-13(15)2)27(4,28(29,30)31)17-10-8-14(3)18(12-17)33-25(36)21-19-20(22(21)26(33)37)24(35)32(5)23(19)34/h7-12,19-22H,6H2,1-5H3. The molecule has 3 aliphatic rings. The summed E-state index contributed by atoms with van der Waals surface area (Å²) in [4.78, 5) is 53.6. The minimum atomic E-state index is -4.68. The molecule has 2 aromatic carbocycles. The van der Waals surface area contributed by atoms with E-state index in [4.69, 9.17) is 0 Å². The van der Waals surface area contributed by atoms with Gasteiger partial charge < -0.3 is 0 Å². The van der Waals surface area contributed by atoms with E-state index in [9.17, 15) is 32.3 Å². The summed E-state index contributed by atoms with van der Waals surface area (Å²) in [6.07, 6.45) is -4.11. The maximum absolute atomic E-state index is 14.8. The van der Waals surface area contributed by atoms with Crippen LogP contribution in [-0.2, 0) is 31.0 Å². The lowest BCUT2D eigenvalue weighted by molar-refractivity contribution is -0.173. The van der Waals surface area contributed by atoms with Crippen molar-refractivity contribution >= 4 is 29.3 Å². The first-order chi connectivity index (χ1) is 17.3. The van der Waals surface area contributed by atoms with Crippen molar-refractivity contribution in [2.45, 2.75) is 45.7 Å². The molecular weight excluding hydrogens is 485 g/mol. The van der Waals surface area contributed by atoms with E-state index < -0.39 is 58.9 Å². The molecule has 0 spiro atoms. The molecule has 2 saturated heterocycles. The zero-order valence-corrected chi connectivity index (χ0v) is 21.1. The lowest BCUT2D eigenvalue weighted by Gasteiger charge is -2.36.